The van der Waals surface area contributed by atoms with Crippen molar-refractivity contribution in [1.82, 2.24) is 4.90 Å². The van der Waals surface area contributed by atoms with Crippen molar-refractivity contribution in [3.63, 3.8) is 0 Å². The van der Waals surface area contributed by atoms with Crippen molar-refractivity contribution in [2.45, 2.75) is 32.2 Å². The van der Waals surface area contributed by atoms with Gasteiger partial charge in [-0.05, 0) is 26.3 Å². The Morgan fingerprint density at radius 1 is 1.53 bits per heavy atom. The van der Waals surface area contributed by atoms with Gasteiger partial charge in [-0.3, -0.25) is 14.7 Å². The van der Waals surface area contributed by atoms with Gasteiger partial charge in [0.05, 0.1) is 0 Å². The molecule has 1 fully saturated rings. The molecule has 2 aliphatic rings. The van der Waals surface area contributed by atoms with Crippen LogP contribution in [0.3, 0.4) is 0 Å². The van der Waals surface area contributed by atoms with Gasteiger partial charge in [-0.1, -0.05) is 0 Å². The number of carboxylic acid groups (broad SMARTS) is 1. The standard InChI is InChI=1S/C11H14N2O3S/c1-5(2)12-7-9(14)13-8(11(15)16)6(3)4-17-10(7)13/h7,10H,4H2,1-3H3,(H,15,16)/t7?,10-/m0/s1. The van der Waals surface area contributed by atoms with Crippen LogP contribution < -0.4 is 0 Å². The molecule has 0 aromatic carbocycles. The Balaban J connectivity index is 2.30. The van der Waals surface area contributed by atoms with E-state index in [1.54, 1.807) is 18.7 Å². The number of carbonyl (C=O) groups excluding carboxylic acids is 1. The van der Waals surface area contributed by atoms with Crippen molar-refractivity contribution in [3.8, 4) is 0 Å². The van der Waals surface area contributed by atoms with Crippen molar-refractivity contribution in [3.05, 3.63) is 11.3 Å². The van der Waals surface area contributed by atoms with Gasteiger partial charge >= 0.3 is 5.97 Å². The number of aliphatic carboxylic acids is 1. The zero-order valence-electron chi connectivity index (χ0n) is 9.93. The fourth-order valence-electron chi connectivity index (χ4n) is 2.02. The predicted octanol–water partition coefficient (Wildman–Crippen LogP) is 1.11. The molecule has 2 aliphatic heterocycles. The second-order valence-electron chi connectivity index (χ2n) is 4.37. The average Bonchev–Trinajstić information content (AvgIpc) is 2.24. The van der Waals surface area contributed by atoms with E-state index in [4.69, 9.17) is 5.11 Å². The van der Waals surface area contributed by atoms with Crippen LogP contribution in [0.25, 0.3) is 0 Å². The fourth-order valence-corrected chi connectivity index (χ4v) is 3.29. The van der Waals surface area contributed by atoms with Crippen LogP contribution in [0, 0.1) is 0 Å². The third-order valence-electron chi connectivity index (χ3n) is 2.73. The van der Waals surface area contributed by atoms with Gasteiger partial charge in [-0.2, -0.15) is 0 Å². The third-order valence-corrected chi connectivity index (χ3v) is 4.14. The van der Waals surface area contributed by atoms with E-state index >= 15 is 0 Å². The van der Waals surface area contributed by atoms with Crippen LogP contribution in [0.5, 0.6) is 0 Å². The molecule has 17 heavy (non-hydrogen) atoms. The lowest BCUT2D eigenvalue weighted by Crippen LogP contribution is -2.64. The van der Waals surface area contributed by atoms with Crippen molar-refractivity contribution in [2.75, 3.05) is 5.75 Å². The second-order valence-corrected chi connectivity index (χ2v) is 5.47. The number of aliphatic imine (C=N–C) groups is 1. The first-order chi connectivity index (χ1) is 7.93. The minimum atomic E-state index is -1.03. The lowest BCUT2D eigenvalue weighted by atomic mass is 10.0. The van der Waals surface area contributed by atoms with Crippen LogP contribution >= 0.6 is 11.8 Å². The molecule has 0 aromatic heterocycles. The molecule has 0 spiro atoms. The van der Waals surface area contributed by atoms with Gasteiger partial charge in [0, 0.05) is 11.5 Å². The predicted molar refractivity (Wildman–Crippen MR) is 66.0 cm³/mol. The summed E-state index contributed by atoms with van der Waals surface area (Å²) in [7, 11) is 0. The first-order valence-electron chi connectivity index (χ1n) is 5.32. The highest BCUT2D eigenvalue weighted by atomic mass is 32.2. The van der Waals surface area contributed by atoms with E-state index in [-0.39, 0.29) is 17.0 Å². The van der Waals surface area contributed by atoms with Crippen LogP contribution in [-0.4, -0.2) is 44.8 Å². The lowest BCUT2D eigenvalue weighted by Gasteiger charge is -2.47. The summed E-state index contributed by atoms with van der Waals surface area (Å²) in [6, 6.07) is -0.410. The Labute approximate surface area is 104 Å². The maximum Gasteiger partial charge on any atom is 0.352 e. The summed E-state index contributed by atoms with van der Waals surface area (Å²) in [5.41, 5.74) is 1.72. The van der Waals surface area contributed by atoms with E-state index in [0.717, 1.165) is 11.3 Å². The molecule has 92 valence electrons. The van der Waals surface area contributed by atoms with Crippen LogP contribution in [0.4, 0.5) is 0 Å². The SMILES string of the molecule is CC(C)=NC1C(=O)N2C(C(=O)O)=C(C)CS[C@@H]12. The van der Waals surface area contributed by atoms with E-state index in [2.05, 4.69) is 4.99 Å². The number of β-lactam (4-membered cyclic amide) rings is 1. The number of hydrogen-bond donors (Lipinski definition) is 1. The molecule has 1 amide bonds. The number of rotatable bonds is 2. The molecule has 6 heteroatoms. The van der Waals surface area contributed by atoms with Gasteiger partial charge in [0.25, 0.3) is 5.91 Å². The average molecular weight is 254 g/mol. The topological polar surface area (TPSA) is 70.0 Å². The van der Waals surface area contributed by atoms with Crippen LogP contribution in [-0.2, 0) is 9.59 Å². The molecule has 0 aromatic rings. The second kappa shape index (κ2) is 4.18. The summed E-state index contributed by atoms with van der Waals surface area (Å²) in [4.78, 5) is 28.7. The highest BCUT2D eigenvalue weighted by Gasteiger charge is 2.53. The quantitative estimate of drug-likeness (QED) is 0.592. The van der Waals surface area contributed by atoms with Crippen molar-refractivity contribution >= 4 is 29.4 Å². The maximum atomic E-state index is 11.9. The molecule has 0 radical (unpaired) electrons. The van der Waals surface area contributed by atoms with Crippen LogP contribution in [0.15, 0.2) is 16.3 Å². The van der Waals surface area contributed by atoms with Crippen LogP contribution in [0.1, 0.15) is 20.8 Å². The largest absolute Gasteiger partial charge is 0.477 e. The molecule has 0 aliphatic carbocycles. The number of nitrogens with zero attached hydrogens (tertiary/aromatic N) is 2. The molecule has 0 bridgehead atoms. The lowest BCUT2D eigenvalue weighted by molar-refractivity contribution is -0.147. The van der Waals surface area contributed by atoms with Crippen molar-refractivity contribution in [2.24, 2.45) is 4.99 Å². The summed E-state index contributed by atoms with van der Waals surface area (Å²) in [5, 5.41) is 8.97. The summed E-state index contributed by atoms with van der Waals surface area (Å²) in [5.74, 6) is -0.595. The number of amides is 1. The Morgan fingerprint density at radius 3 is 2.71 bits per heavy atom. The molecule has 1 N–H and O–H groups in total. The molecule has 5 nitrogen and oxygen atoms in total. The minimum absolute atomic E-state index is 0.138. The normalized spacial score (nSPS) is 27.5. The van der Waals surface area contributed by atoms with Crippen molar-refractivity contribution in [1.29, 1.82) is 0 Å². The summed E-state index contributed by atoms with van der Waals surface area (Å²) < 4.78 is 0. The zero-order chi connectivity index (χ0) is 12.7. The van der Waals surface area contributed by atoms with E-state index in [9.17, 15) is 9.59 Å². The Hall–Kier alpha value is -1.30. The van der Waals surface area contributed by atoms with Gasteiger partial charge in [0.15, 0.2) is 6.04 Å². The number of carbonyl (C=O) groups is 2. The highest BCUT2D eigenvalue weighted by Crippen LogP contribution is 2.41. The van der Waals surface area contributed by atoms with E-state index in [1.807, 2.05) is 13.8 Å². The zero-order valence-corrected chi connectivity index (χ0v) is 10.7. The Kier molecular flexibility index (Phi) is 2.99. The fraction of sp³-hybridized carbons (Fsp3) is 0.545. The van der Waals surface area contributed by atoms with Crippen molar-refractivity contribution < 1.29 is 14.7 Å². The Morgan fingerprint density at radius 2 is 2.18 bits per heavy atom. The van der Waals surface area contributed by atoms with Gasteiger partial charge < -0.3 is 5.11 Å². The van der Waals surface area contributed by atoms with Gasteiger partial charge in [-0.15, -0.1) is 11.8 Å². The highest BCUT2D eigenvalue weighted by molar-refractivity contribution is 8.00. The molecule has 2 heterocycles. The molecule has 2 atom stereocenters. The van der Waals surface area contributed by atoms with E-state index < -0.39 is 12.0 Å². The molecule has 1 unspecified atom stereocenters. The molecular weight excluding hydrogens is 240 g/mol. The minimum Gasteiger partial charge on any atom is -0.477 e. The Bertz CT molecular complexity index is 452. The smallest absolute Gasteiger partial charge is 0.352 e. The summed E-state index contributed by atoms with van der Waals surface area (Å²) in [6.45, 7) is 5.42. The van der Waals surface area contributed by atoms with Gasteiger partial charge in [-0.25, -0.2) is 4.79 Å². The molecular formula is C11H14N2O3S. The monoisotopic (exact) mass is 254 g/mol. The molecule has 2 rings (SSSR count). The number of thioether (sulfide) groups is 1. The third kappa shape index (κ3) is 1.86. The maximum absolute atomic E-state index is 11.9. The first-order valence-corrected chi connectivity index (χ1v) is 6.37. The number of fused-ring (bicyclic) bond motifs is 1. The van der Waals surface area contributed by atoms with E-state index in [0.29, 0.717) is 5.75 Å². The first kappa shape index (κ1) is 12.2. The number of hydrogen-bond acceptors (Lipinski definition) is 4. The molecule has 0 saturated carbocycles. The van der Waals surface area contributed by atoms with Gasteiger partial charge in [0.2, 0.25) is 0 Å². The summed E-state index contributed by atoms with van der Waals surface area (Å²) >= 11 is 1.57. The van der Waals surface area contributed by atoms with E-state index in [1.165, 1.54) is 4.90 Å². The summed E-state index contributed by atoms with van der Waals surface area (Å²) in [6.07, 6.45) is 0. The number of carboxylic acids is 1. The van der Waals surface area contributed by atoms with Gasteiger partial charge in [0.1, 0.15) is 11.1 Å². The molecule has 1 saturated heterocycles. The van der Waals surface area contributed by atoms with Crippen LogP contribution in [0.2, 0.25) is 0 Å².